The summed E-state index contributed by atoms with van der Waals surface area (Å²) in [6, 6.07) is 4.89. The Balaban J connectivity index is 1.87. The molecule has 1 amide bonds. The zero-order chi connectivity index (χ0) is 14.8. The smallest absolute Gasteiger partial charge is 0.257 e. The number of hydrogen-bond acceptors (Lipinski definition) is 3. The number of amides is 1. The van der Waals surface area contributed by atoms with Crippen LogP contribution in [0, 0.1) is 11.8 Å². The van der Waals surface area contributed by atoms with Gasteiger partial charge in [-0.25, -0.2) is 9.37 Å². The first-order valence-electron chi connectivity index (χ1n) is 6.66. The van der Waals surface area contributed by atoms with Crippen LogP contribution in [-0.4, -0.2) is 26.8 Å². The molecule has 21 heavy (non-hydrogen) atoms. The van der Waals surface area contributed by atoms with Gasteiger partial charge < -0.3 is 4.90 Å². The second-order valence-electron chi connectivity index (χ2n) is 4.98. The highest BCUT2D eigenvalue weighted by atomic mass is 19.2. The van der Waals surface area contributed by atoms with Crippen LogP contribution in [0.2, 0.25) is 0 Å². The lowest BCUT2D eigenvalue weighted by molar-refractivity contribution is 0.0723. The fourth-order valence-corrected chi connectivity index (χ4v) is 2.18. The molecule has 0 spiro atoms. The molecule has 0 saturated heterocycles. The van der Waals surface area contributed by atoms with Crippen molar-refractivity contribution < 1.29 is 13.6 Å². The predicted octanol–water partition coefficient (Wildman–Crippen LogP) is 2.56. The zero-order valence-corrected chi connectivity index (χ0v) is 11.2. The lowest BCUT2D eigenvalue weighted by Crippen LogP contribution is -2.33. The molecule has 2 heterocycles. The predicted molar refractivity (Wildman–Crippen MR) is 71.3 cm³/mol. The summed E-state index contributed by atoms with van der Waals surface area (Å²) in [5.41, 5.74) is 0.628. The van der Waals surface area contributed by atoms with Crippen molar-refractivity contribution in [3.05, 3.63) is 59.7 Å². The number of aromatic nitrogens is 2. The van der Waals surface area contributed by atoms with Crippen molar-refractivity contribution in [2.45, 2.75) is 25.4 Å². The van der Waals surface area contributed by atoms with Crippen LogP contribution < -0.4 is 0 Å². The standard InChI is InChI=1S/C15H13F2N3O/c16-13-12(5-8-19-14(13)17)15(21)20(11-1-2-11)9-10-3-6-18-7-4-10/h3-8,11H,1-2,9H2. The third-order valence-electron chi connectivity index (χ3n) is 3.43. The summed E-state index contributed by atoms with van der Waals surface area (Å²) in [5, 5.41) is 0. The largest absolute Gasteiger partial charge is 0.331 e. The van der Waals surface area contributed by atoms with E-state index in [9.17, 15) is 13.6 Å². The Bertz CT molecular complexity index is 659. The normalized spacial score (nSPS) is 14.0. The number of pyridine rings is 2. The van der Waals surface area contributed by atoms with Gasteiger partial charge in [0.1, 0.15) is 0 Å². The molecule has 1 saturated carbocycles. The Morgan fingerprint density at radius 2 is 1.90 bits per heavy atom. The maximum absolute atomic E-state index is 13.7. The maximum atomic E-state index is 13.7. The van der Waals surface area contributed by atoms with Crippen LogP contribution in [0.3, 0.4) is 0 Å². The summed E-state index contributed by atoms with van der Waals surface area (Å²) in [7, 11) is 0. The first-order valence-corrected chi connectivity index (χ1v) is 6.66. The van der Waals surface area contributed by atoms with Crippen LogP contribution in [0.15, 0.2) is 36.8 Å². The highest BCUT2D eigenvalue weighted by Crippen LogP contribution is 2.30. The molecule has 4 nitrogen and oxygen atoms in total. The van der Waals surface area contributed by atoms with Crippen LogP contribution in [0.4, 0.5) is 8.78 Å². The maximum Gasteiger partial charge on any atom is 0.257 e. The monoisotopic (exact) mass is 289 g/mol. The van der Waals surface area contributed by atoms with E-state index in [0.717, 1.165) is 24.6 Å². The summed E-state index contributed by atoms with van der Waals surface area (Å²) < 4.78 is 26.9. The number of nitrogens with zero attached hydrogens (tertiary/aromatic N) is 3. The van der Waals surface area contributed by atoms with E-state index >= 15 is 0 Å². The van der Waals surface area contributed by atoms with E-state index in [1.165, 1.54) is 6.07 Å². The van der Waals surface area contributed by atoms with E-state index in [4.69, 9.17) is 0 Å². The molecular formula is C15H13F2N3O. The minimum Gasteiger partial charge on any atom is -0.331 e. The van der Waals surface area contributed by atoms with Gasteiger partial charge in [0, 0.05) is 31.2 Å². The molecule has 0 unspecified atom stereocenters. The van der Waals surface area contributed by atoms with Crippen molar-refractivity contribution in [3.8, 4) is 0 Å². The SMILES string of the molecule is O=C(c1ccnc(F)c1F)N(Cc1ccncc1)C1CC1. The van der Waals surface area contributed by atoms with Crippen LogP contribution in [0.5, 0.6) is 0 Å². The third kappa shape index (κ3) is 2.89. The number of carbonyl (C=O) groups is 1. The molecule has 2 aromatic rings. The van der Waals surface area contributed by atoms with E-state index in [-0.39, 0.29) is 11.6 Å². The van der Waals surface area contributed by atoms with Crippen molar-refractivity contribution in [1.82, 2.24) is 14.9 Å². The molecule has 108 valence electrons. The Labute approximate surface area is 120 Å². The molecule has 1 fully saturated rings. The molecule has 0 aromatic carbocycles. The Hall–Kier alpha value is -2.37. The highest BCUT2D eigenvalue weighted by Gasteiger charge is 2.34. The minimum absolute atomic E-state index is 0.0845. The van der Waals surface area contributed by atoms with Gasteiger partial charge in [-0.2, -0.15) is 4.39 Å². The van der Waals surface area contributed by atoms with Crippen LogP contribution >= 0.6 is 0 Å². The summed E-state index contributed by atoms with van der Waals surface area (Å²) in [6.07, 6.45) is 6.14. The third-order valence-corrected chi connectivity index (χ3v) is 3.43. The Kier molecular flexibility index (Phi) is 3.60. The minimum atomic E-state index is -1.25. The quantitative estimate of drug-likeness (QED) is 0.813. The molecule has 3 rings (SSSR count). The summed E-state index contributed by atoms with van der Waals surface area (Å²) >= 11 is 0. The van der Waals surface area contributed by atoms with Gasteiger partial charge in [-0.1, -0.05) is 0 Å². The number of halogens is 2. The molecule has 6 heteroatoms. The first kappa shape index (κ1) is 13.6. The summed E-state index contributed by atoms with van der Waals surface area (Å²) in [6.45, 7) is 0.357. The second-order valence-corrected chi connectivity index (χ2v) is 4.98. The van der Waals surface area contributed by atoms with Gasteiger partial charge in [-0.15, -0.1) is 0 Å². The van der Waals surface area contributed by atoms with E-state index in [1.807, 2.05) is 0 Å². The van der Waals surface area contributed by atoms with Crippen LogP contribution in [0.25, 0.3) is 0 Å². The topological polar surface area (TPSA) is 46.1 Å². The van der Waals surface area contributed by atoms with Crippen LogP contribution in [0.1, 0.15) is 28.8 Å². The number of rotatable bonds is 4. The van der Waals surface area contributed by atoms with Crippen molar-refractivity contribution >= 4 is 5.91 Å². The average molecular weight is 289 g/mol. The van der Waals surface area contributed by atoms with Gasteiger partial charge in [0.2, 0.25) is 5.95 Å². The lowest BCUT2D eigenvalue weighted by Gasteiger charge is -2.22. The lowest BCUT2D eigenvalue weighted by atomic mass is 10.2. The van der Waals surface area contributed by atoms with Crippen molar-refractivity contribution in [2.75, 3.05) is 0 Å². The first-order chi connectivity index (χ1) is 10.2. The van der Waals surface area contributed by atoms with Gasteiger partial charge >= 0.3 is 0 Å². The molecule has 1 aliphatic rings. The van der Waals surface area contributed by atoms with Crippen molar-refractivity contribution in [2.24, 2.45) is 0 Å². The fourth-order valence-electron chi connectivity index (χ4n) is 2.18. The molecular weight excluding hydrogens is 276 g/mol. The molecule has 2 aromatic heterocycles. The molecule has 0 radical (unpaired) electrons. The number of carbonyl (C=O) groups excluding carboxylic acids is 1. The van der Waals surface area contributed by atoms with E-state index in [0.29, 0.717) is 6.54 Å². The van der Waals surface area contributed by atoms with Gasteiger partial charge in [0.25, 0.3) is 5.91 Å². The Morgan fingerprint density at radius 3 is 2.57 bits per heavy atom. The van der Waals surface area contributed by atoms with Crippen molar-refractivity contribution in [1.29, 1.82) is 0 Å². The van der Waals surface area contributed by atoms with Gasteiger partial charge in [0.05, 0.1) is 5.56 Å². The second kappa shape index (κ2) is 5.55. The van der Waals surface area contributed by atoms with Gasteiger partial charge in [-0.05, 0) is 36.6 Å². The molecule has 0 atom stereocenters. The Morgan fingerprint density at radius 1 is 1.19 bits per heavy atom. The van der Waals surface area contributed by atoms with Gasteiger partial charge in [0.15, 0.2) is 5.82 Å². The molecule has 0 bridgehead atoms. The van der Waals surface area contributed by atoms with E-state index in [1.54, 1.807) is 29.4 Å². The highest BCUT2D eigenvalue weighted by molar-refractivity contribution is 5.94. The number of hydrogen-bond donors (Lipinski definition) is 0. The molecule has 1 aliphatic carbocycles. The zero-order valence-electron chi connectivity index (χ0n) is 11.2. The van der Waals surface area contributed by atoms with Gasteiger partial charge in [-0.3, -0.25) is 9.78 Å². The molecule has 0 N–H and O–H groups in total. The summed E-state index contributed by atoms with van der Waals surface area (Å²) in [4.78, 5) is 21.2. The summed E-state index contributed by atoms with van der Waals surface area (Å²) in [5.74, 6) is -2.95. The van der Waals surface area contributed by atoms with E-state index in [2.05, 4.69) is 9.97 Å². The van der Waals surface area contributed by atoms with Crippen molar-refractivity contribution in [3.63, 3.8) is 0 Å². The van der Waals surface area contributed by atoms with E-state index < -0.39 is 17.7 Å². The average Bonchev–Trinajstić information content (AvgIpc) is 3.33. The fraction of sp³-hybridized carbons (Fsp3) is 0.267. The molecule has 0 aliphatic heterocycles. The van der Waals surface area contributed by atoms with Crippen LogP contribution in [-0.2, 0) is 6.54 Å².